The fourth-order valence-corrected chi connectivity index (χ4v) is 2.57. The summed E-state index contributed by atoms with van der Waals surface area (Å²) in [7, 11) is 0. The molecule has 0 amide bonds. The topological polar surface area (TPSA) is 52.6 Å². The first-order valence-corrected chi connectivity index (χ1v) is 9.17. The van der Waals surface area contributed by atoms with Crippen LogP contribution in [0.15, 0.2) is 0 Å². The van der Waals surface area contributed by atoms with Gasteiger partial charge in [0.25, 0.3) is 0 Å². The average Bonchev–Trinajstić information content (AvgIpc) is 2.40. The van der Waals surface area contributed by atoms with Crippen LogP contribution in [0.4, 0.5) is 0 Å². The first-order valence-electron chi connectivity index (χ1n) is 7.27. The molecule has 19 heavy (non-hydrogen) atoms. The molecule has 0 fully saturated rings. The molecule has 0 saturated carbocycles. The van der Waals surface area contributed by atoms with Crippen molar-refractivity contribution in [3.05, 3.63) is 0 Å². The molecule has 0 aromatic heterocycles. The minimum atomic E-state index is -1.38. The Hall–Kier alpha value is -0.270. The molecule has 0 atom stereocenters. The number of rotatable bonds is 12. The predicted octanol–water partition coefficient (Wildman–Crippen LogP) is 3.55. The standard InChI is InChI=1S/C14H26O4Te/c1-3-5-7-9-11-13(15)17-19-18-14(16)12-10-8-6-4-2/h3-12H2,1-2H3. The Labute approximate surface area is 127 Å². The van der Waals surface area contributed by atoms with Gasteiger partial charge < -0.3 is 0 Å². The summed E-state index contributed by atoms with van der Waals surface area (Å²) in [6.45, 7) is 4.26. The fraction of sp³-hybridized carbons (Fsp3) is 0.857. The molecule has 0 N–H and O–H groups in total. The third-order valence-electron chi connectivity index (χ3n) is 2.72. The molecule has 0 aliphatic carbocycles. The number of carbonyl (C=O) groups is 2. The monoisotopic (exact) mass is 388 g/mol. The quantitative estimate of drug-likeness (QED) is 0.381. The van der Waals surface area contributed by atoms with Gasteiger partial charge in [-0.2, -0.15) is 0 Å². The number of unbranched alkanes of at least 4 members (excludes halogenated alkanes) is 6. The van der Waals surface area contributed by atoms with Crippen LogP contribution in [0.5, 0.6) is 0 Å². The van der Waals surface area contributed by atoms with Crippen molar-refractivity contribution in [2.75, 3.05) is 0 Å². The van der Waals surface area contributed by atoms with Gasteiger partial charge in [-0.3, -0.25) is 0 Å². The molecule has 5 heteroatoms. The third kappa shape index (κ3) is 14.0. The first-order chi connectivity index (χ1) is 9.20. The summed E-state index contributed by atoms with van der Waals surface area (Å²) in [6, 6.07) is 0. The second-order valence-electron chi connectivity index (χ2n) is 4.60. The van der Waals surface area contributed by atoms with E-state index in [1.54, 1.807) is 0 Å². The van der Waals surface area contributed by atoms with Gasteiger partial charge in [0.15, 0.2) is 0 Å². The van der Waals surface area contributed by atoms with Gasteiger partial charge in [0.1, 0.15) is 0 Å². The van der Waals surface area contributed by atoms with Gasteiger partial charge in [0.05, 0.1) is 0 Å². The van der Waals surface area contributed by atoms with Gasteiger partial charge in [-0.1, -0.05) is 0 Å². The molecule has 0 aliphatic rings. The van der Waals surface area contributed by atoms with E-state index in [9.17, 15) is 9.59 Å². The molecule has 0 aromatic rings. The summed E-state index contributed by atoms with van der Waals surface area (Å²) in [5.41, 5.74) is 0. The van der Waals surface area contributed by atoms with Crippen molar-refractivity contribution >= 4 is 33.7 Å². The second kappa shape index (κ2) is 14.1. The minimum absolute atomic E-state index is 0.225. The zero-order valence-corrected chi connectivity index (χ0v) is 14.4. The molecule has 0 aliphatic heterocycles. The van der Waals surface area contributed by atoms with E-state index in [2.05, 4.69) is 13.8 Å². The van der Waals surface area contributed by atoms with Crippen molar-refractivity contribution in [2.24, 2.45) is 0 Å². The van der Waals surface area contributed by atoms with Crippen molar-refractivity contribution in [1.29, 1.82) is 0 Å². The van der Waals surface area contributed by atoms with E-state index < -0.39 is 21.7 Å². The Morgan fingerprint density at radius 1 is 0.737 bits per heavy atom. The van der Waals surface area contributed by atoms with E-state index in [-0.39, 0.29) is 11.9 Å². The predicted molar refractivity (Wildman–Crippen MR) is 75.5 cm³/mol. The number of hydrogen-bond acceptors (Lipinski definition) is 4. The molecule has 0 saturated heterocycles. The molecule has 0 aromatic carbocycles. The Morgan fingerprint density at radius 2 is 1.16 bits per heavy atom. The summed E-state index contributed by atoms with van der Waals surface area (Å²) in [5.74, 6) is -0.449. The normalized spacial score (nSPS) is 10.2. The van der Waals surface area contributed by atoms with Crippen molar-refractivity contribution in [3.63, 3.8) is 0 Å². The fourth-order valence-electron chi connectivity index (χ4n) is 1.57. The Morgan fingerprint density at radius 3 is 1.53 bits per heavy atom. The Bertz CT molecular complexity index is 220. The van der Waals surface area contributed by atoms with E-state index in [0.29, 0.717) is 12.8 Å². The van der Waals surface area contributed by atoms with Gasteiger partial charge in [-0.05, 0) is 0 Å². The zero-order chi connectivity index (χ0) is 14.3. The van der Waals surface area contributed by atoms with Crippen molar-refractivity contribution in [2.45, 2.75) is 78.1 Å². The Balaban J connectivity index is 3.35. The van der Waals surface area contributed by atoms with Crippen LogP contribution < -0.4 is 0 Å². The van der Waals surface area contributed by atoms with Crippen LogP contribution in [0.2, 0.25) is 0 Å². The van der Waals surface area contributed by atoms with Gasteiger partial charge in [-0.15, -0.1) is 0 Å². The van der Waals surface area contributed by atoms with Crippen LogP contribution in [0.3, 0.4) is 0 Å². The average molecular weight is 386 g/mol. The van der Waals surface area contributed by atoms with Crippen molar-refractivity contribution in [3.8, 4) is 0 Å². The molecule has 4 nitrogen and oxygen atoms in total. The first kappa shape index (κ1) is 18.7. The maximum atomic E-state index is 11.3. The molecule has 0 radical (unpaired) electrons. The summed E-state index contributed by atoms with van der Waals surface area (Å²) in [6.07, 6.45) is 9.34. The molecule has 0 unspecified atom stereocenters. The molecular weight excluding hydrogens is 360 g/mol. The molecule has 0 spiro atoms. The molecule has 0 bridgehead atoms. The summed E-state index contributed by atoms with van der Waals surface area (Å²) < 4.78 is 9.94. The zero-order valence-electron chi connectivity index (χ0n) is 12.1. The molecular formula is C14H26O4Te. The van der Waals surface area contributed by atoms with E-state index in [1.807, 2.05) is 0 Å². The van der Waals surface area contributed by atoms with Gasteiger partial charge in [0.2, 0.25) is 0 Å². The van der Waals surface area contributed by atoms with Crippen LogP contribution in [0.1, 0.15) is 78.1 Å². The van der Waals surface area contributed by atoms with Crippen LogP contribution >= 0.6 is 0 Å². The summed E-state index contributed by atoms with van der Waals surface area (Å²) in [4.78, 5) is 22.6. The van der Waals surface area contributed by atoms with Gasteiger partial charge in [-0.25, -0.2) is 0 Å². The van der Waals surface area contributed by atoms with Crippen LogP contribution in [-0.2, 0) is 15.8 Å². The van der Waals surface area contributed by atoms with Crippen molar-refractivity contribution < 1.29 is 15.8 Å². The van der Waals surface area contributed by atoms with Crippen LogP contribution in [-0.4, -0.2) is 33.7 Å². The molecule has 0 rings (SSSR count). The van der Waals surface area contributed by atoms with Crippen molar-refractivity contribution in [1.82, 2.24) is 0 Å². The van der Waals surface area contributed by atoms with E-state index in [4.69, 9.17) is 6.20 Å². The maximum absolute atomic E-state index is 11.3. The van der Waals surface area contributed by atoms with E-state index in [1.165, 1.54) is 0 Å². The summed E-state index contributed by atoms with van der Waals surface area (Å²) >= 11 is -1.38. The van der Waals surface area contributed by atoms with Gasteiger partial charge >= 0.3 is 128 Å². The van der Waals surface area contributed by atoms with E-state index in [0.717, 1.165) is 51.4 Å². The molecule has 112 valence electrons. The summed E-state index contributed by atoms with van der Waals surface area (Å²) in [5, 5.41) is 0. The third-order valence-corrected chi connectivity index (χ3v) is 4.17. The van der Waals surface area contributed by atoms with Gasteiger partial charge in [0, 0.05) is 0 Å². The van der Waals surface area contributed by atoms with Crippen LogP contribution in [0.25, 0.3) is 0 Å². The van der Waals surface area contributed by atoms with E-state index >= 15 is 0 Å². The number of carbonyl (C=O) groups excluding carboxylic acids is 2. The Kier molecular flexibility index (Phi) is 13.9. The molecule has 0 heterocycles. The number of hydrogen-bond donors (Lipinski definition) is 0. The SMILES string of the molecule is CCCCCCC(=O)O[Te]OC(=O)CCCCCC. The van der Waals surface area contributed by atoms with Crippen LogP contribution in [0, 0.1) is 0 Å². The second-order valence-corrected chi connectivity index (χ2v) is 5.94.